The van der Waals surface area contributed by atoms with E-state index >= 15 is 0 Å². The van der Waals surface area contributed by atoms with Gasteiger partial charge in [-0.1, -0.05) is 0 Å². The van der Waals surface area contributed by atoms with Gasteiger partial charge in [0.1, 0.15) is 5.82 Å². The third kappa shape index (κ3) is 5.68. The summed E-state index contributed by atoms with van der Waals surface area (Å²) in [4.78, 5) is 13.6. The Bertz CT molecular complexity index is 705. The van der Waals surface area contributed by atoms with E-state index in [1.807, 2.05) is 0 Å². The number of rotatable bonds is 7. The lowest BCUT2D eigenvalue weighted by molar-refractivity contribution is -0.122. The average Bonchev–Trinajstić information content (AvgIpc) is 2.56. The minimum absolute atomic E-state index is 0.102. The molecule has 1 heterocycles. The molecule has 0 spiro atoms. The topological polar surface area (TPSA) is 69.7 Å². The van der Waals surface area contributed by atoms with Crippen LogP contribution in [-0.2, 0) is 14.8 Å². The van der Waals surface area contributed by atoms with Crippen LogP contribution < -0.4 is 5.32 Å². The Hall–Kier alpha value is -1.65. The summed E-state index contributed by atoms with van der Waals surface area (Å²) >= 11 is 0. The molecule has 2 rings (SSSR count). The second-order valence-electron chi connectivity index (χ2n) is 6.25. The fourth-order valence-corrected chi connectivity index (χ4v) is 3.93. The van der Waals surface area contributed by atoms with E-state index < -0.39 is 28.2 Å². The van der Waals surface area contributed by atoms with Crippen molar-refractivity contribution in [1.82, 2.24) is 14.5 Å². The lowest BCUT2D eigenvalue weighted by atomic mass is 10.1. The maximum absolute atomic E-state index is 12.9. The highest BCUT2D eigenvalue weighted by molar-refractivity contribution is 7.89. The van der Waals surface area contributed by atoms with Crippen molar-refractivity contribution < 1.29 is 26.4 Å². The van der Waals surface area contributed by atoms with Crippen LogP contribution in [0.1, 0.15) is 12.8 Å². The number of carbonyl (C=O) groups is 1. The highest BCUT2D eigenvalue weighted by Gasteiger charge is 2.26. The molecule has 0 unspecified atom stereocenters. The van der Waals surface area contributed by atoms with Gasteiger partial charge < -0.3 is 5.32 Å². The Balaban J connectivity index is 1.85. The Kier molecular flexibility index (Phi) is 7.01. The Morgan fingerprint density at radius 3 is 2.38 bits per heavy atom. The molecule has 1 aromatic carbocycles. The summed E-state index contributed by atoms with van der Waals surface area (Å²) in [5.74, 6) is -1.02. The van der Waals surface area contributed by atoms with Crippen molar-refractivity contribution in [2.45, 2.75) is 30.2 Å². The molecule has 0 atom stereocenters. The molecule has 1 aromatic rings. The highest BCUT2D eigenvalue weighted by atomic mass is 32.2. The van der Waals surface area contributed by atoms with Gasteiger partial charge in [0.2, 0.25) is 15.9 Å². The van der Waals surface area contributed by atoms with Crippen molar-refractivity contribution in [2.75, 3.05) is 33.2 Å². The summed E-state index contributed by atoms with van der Waals surface area (Å²) in [6.45, 7) is 0.258. The molecule has 1 N–H and O–H groups in total. The van der Waals surface area contributed by atoms with Crippen molar-refractivity contribution in [2.24, 2.45) is 0 Å². The van der Waals surface area contributed by atoms with Crippen molar-refractivity contribution in [3.63, 3.8) is 0 Å². The first-order valence-electron chi connectivity index (χ1n) is 8.20. The standard InChI is InChI=1S/C16H22F3N3O3S/c1-21(26(24,25)14-4-2-12(17)3-5-14)11-16(23)20-13-6-8-22(9-7-13)10-15(18)19/h2-5,13,15H,6-11H2,1H3,(H,20,23). The predicted molar refractivity (Wildman–Crippen MR) is 89.8 cm³/mol. The van der Waals surface area contributed by atoms with E-state index in [1.54, 1.807) is 4.90 Å². The number of nitrogens with zero attached hydrogens (tertiary/aromatic N) is 2. The van der Waals surface area contributed by atoms with E-state index in [2.05, 4.69) is 5.32 Å². The molecule has 1 aliphatic rings. The number of likely N-dealkylation sites (tertiary alicyclic amines) is 1. The molecule has 1 aliphatic heterocycles. The number of amides is 1. The number of sulfonamides is 1. The SMILES string of the molecule is CN(CC(=O)NC1CCN(CC(F)F)CC1)S(=O)(=O)c1ccc(F)cc1. The zero-order chi connectivity index (χ0) is 19.3. The first kappa shape index (κ1) is 20.7. The number of benzene rings is 1. The van der Waals surface area contributed by atoms with E-state index in [1.165, 1.54) is 7.05 Å². The summed E-state index contributed by atoms with van der Waals surface area (Å²) in [5.41, 5.74) is 0. The second kappa shape index (κ2) is 8.83. The molecule has 1 saturated heterocycles. The van der Waals surface area contributed by atoms with Gasteiger partial charge in [0.25, 0.3) is 6.43 Å². The minimum Gasteiger partial charge on any atom is -0.352 e. The monoisotopic (exact) mass is 393 g/mol. The van der Waals surface area contributed by atoms with Gasteiger partial charge in [0.15, 0.2) is 0 Å². The predicted octanol–water partition coefficient (Wildman–Crippen LogP) is 1.29. The first-order valence-corrected chi connectivity index (χ1v) is 9.64. The summed E-state index contributed by atoms with van der Waals surface area (Å²) in [6.07, 6.45) is -1.31. The van der Waals surface area contributed by atoms with Crippen LogP contribution >= 0.6 is 0 Å². The smallest absolute Gasteiger partial charge is 0.251 e. The Morgan fingerprint density at radius 1 is 1.27 bits per heavy atom. The van der Waals surface area contributed by atoms with Crippen molar-refractivity contribution in [3.05, 3.63) is 30.1 Å². The van der Waals surface area contributed by atoms with E-state index in [9.17, 15) is 26.4 Å². The van der Waals surface area contributed by atoms with Crippen LogP contribution in [0.5, 0.6) is 0 Å². The zero-order valence-electron chi connectivity index (χ0n) is 14.4. The molecule has 0 aromatic heterocycles. The zero-order valence-corrected chi connectivity index (χ0v) is 15.2. The van der Waals surface area contributed by atoms with Gasteiger partial charge in [0, 0.05) is 26.2 Å². The molecule has 0 radical (unpaired) electrons. The van der Waals surface area contributed by atoms with Crippen LogP contribution in [0.2, 0.25) is 0 Å². The van der Waals surface area contributed by atoms with Crippen LogP contribution in [0, 0.1) is 5.82 Å². The third-order valence-corrected chi connectivity index (χ3v) is 6.05. The Morgan fingerprint density at radius 2 is 1.85 bits per heavy atom. The summed E-state index contributed by atoms with van der Waals surface area (Å²) < 4.78 is 63.2. The molecule has 6 nitrogen and oxygen atoms in total. The summed E-state index contributed by atoms with van der Waals surface area (Å²) in [6, 6.07) is 4.18. The van der Waals surface area contributed by atoms with Crippen molar-refractivity contribution in [3.8, 4) is 0 Å². The van der Waals surface area contributed by atoms with Gasteiger partial charge in [-0.15, -0.1) is 0 Å². The number of likely N-dealkylation sites (N-methyl/N-ethyl adjacent to an activating group) is 1. The van der Waals surface area contributed by atoms with Gasteiger partial charge >= 0.3 is 0 Å². The fourth-order valence-electron chi connectivity index (χ4n) is 2.80. The molecule has 10 heteroatoms. The number of carbonyl (C=O) groups excluding carboxylic acids is 1. The highest BCUT2D eigenvalue weighted by Crippen LogP contribution is 2.15. The van der Waals surface area contributed by atoms with Crippen LogP contribution in [0.4, 0.5) is 13.2 Å². The average molecular weight is 393 g/mol. The van der Waals surface area contributed by atoms with E-state index in [-0.39, 0.29) is 24.0 Å². The largest absolute Gasteiger partial charge is 0.352 e. The van der Waals surface area contributed by atoms with Gasteiger partial charge in [-0.25, -0.2) is 21.6 Å². The number of hydrogen-bond acceptors (Lipinski definition) is 4. The molecular weight excluding hydrogens is 371 g/mol. The molecule has 0 bridgehead atoms. The van der Waals surface area contributed by atoms with Crippen LogP contribution in [0.3, 0.4) is 0 Å². The summed E-state index contributed by atoms with van der Waals surface area (Å²) in [7, 11) is -2.63. The number of nitrogens with one attached hydrogen (secondary N) is 1. The molecular formula is C16H22F3N3O3S. The van der Waals surface area contributed by atoms with E-state index in [0.29, 0.717) is 25.9 Å². The lowest BCUT2D eigenvalue weighted by Gasteiger charge is -2.32. The fraction of sp³-hybridized carbons (Fsp3) is 0.562. The molecule has 0 saturated carbocycles. The van der Waals surface area contributed by atoms with Crippen LogP contribution in [0.15, 0.2) is 29.2 Å². The van der Waals surface area contributed by atoms with Crippen LogP contribution in [-0.4, -0.2) is 69.2 Å². The third-order valence-electron chi connectivity index (χ3n) is 4.24. The summed E-state index contributed by atoms with van der Waals surface area (Å²) in [5, 5.41) is 2.74. The number of piperidine rings is 1. The maximum Gasteiger partial charge on any atom is 0.251 e. The number of halogens is 3. The van der Waals surface area contributed by atoms with Gasteiger partial charge in [-0.3, -0.25) is 9.69 Å². The van der Waals surface area contributed by atoms with Gasteiger partial charge in [-0.05, 0) is 37.1 Å². The molecule has 146 valence electrons. The van der Waals surface area contributed by atoms with Gasteiger partial charge in [-0.2, -0.15) is 4.31 Å². The quantitative estimate of drug-likeness (QED) is 0.758. The van der Waals surface area contributed by atoms with E-state index in [4.69, 9.17) is 0 Å². The van der Waals surface area contributed by atoms with E-state index in [0.717, 1.165) is 28.6 Å². The number of alkyl halides is 2. The maximum atomic E-state index is 12.9. The number of hydrogen-bond donors (Lipinski definition) is 1. The second-order valence-corrected chi connectivity index (χ2v) is 8.29. The lowest BCUT2D eigenvalue weighted by Crippen LogP contribution is -2.48. The molecule has 26 heavy (non-hydrogen) atoms. The molecule has 1 fully saturated rings. The van der Waals surface area contributed by atoms with Crippen molar-refractivity contribution >= 4 is 15.9 Å². The minimum atomic E-state index is -3.90. The molecule has 0 aliphatic carbocycles. The molecule has 1 amide bonds. The van der Waals surface area contributed by atoms with Crippen LogP contribution in [0.25, 0.3) is 0 Å². The normalized spacial score (nSPS) is 17.0. The Labute approximate surface area is 151 Å². The van der Waals surface area contributed by atoms with Gasteiger partial charge in [0.05, 0.1) is 18.0 Å². The first-order chi connectivity index (χ1) is 12.2. The van der Waals surface area contributed by atoms with Crippen molar-refractivity contribution in [1.29, 1.82) is 0 Å².